The van der Waals surface area contributed by atoms with E-state index in [1.54, 1.807) is 6.07 Å². The second-order valence-electron chi connectivity index (χ2n) is 27.8. The summed E-state index contributed by atoms with van der Waals surface area (Å²) >= 11 is 5.76. The van der Waals surface area contributed by atoms with Gasteiger partial charge in [0, 0.05) is 115 Å². The average Bonchev–Trinajstić information content (AvgIpc) is 0.811. The van der Waals surface area contributed by atoms with E-state index in [0.717, 1.165) is 196 Å². The second kappa shape index (κ2) is 35.3. The maximum atomic E-state index is 14.2. The summed E-state index contributed by atoms with van der Waals surface area (Å²) in [6, 6.07) is 40.3. The van der Waals surface area contributed by atoms with Crippen LogP contribution in [0.5, 0.6) is 17.2 Å². The van der Waals surface area contributed by atoms with Gasteiger partial charge in [-0.25, -0.2) is 52.6 Å². The lowest BCUT2D eigenvalue weighted by Gasteiger charge is -2.43. The summed E-state index contributed by atoms with van der Waals surface area (Å²) in [7, 11) is -11.5. The highest BCUT2D eigenvalue weighted by Gasteiger charge is 2.36. The van der Waals surface area contributed by atoms with Crippen LogP contribution in [-0.4, -0.2) is 173 Å². The van der Waals surface area contributed by atoms with Crippen molar-refractivity contribution in [2.24, 2.45) is 0 Å². The third kappa shape index (κ3) is 20.8. The Balaban J connectivity index is 0.000000162. The average molecular weight is 1460 g/mol. The Kier molecular flexibility index (Phi) is 27.0. The maximum absolute atomic E-state index is 14.2. The fourth-order valence-corrected chi connectivity index (χ4v) is 19.1. The molecule has 0 amide bonds. The van der Waals surface area contributed by atoms with E-state index in [2.05, 4.69) is 73.9 Å². The first-order valence-corrected chi connectivity index (χ1v) is 40.5. The topological polar surface area (TPSA) is 186 Å². The first kappa shape index (κ1) is 76.4. The van der Waals surface area contributed by atoms with Gasteiger partial charge in [0.05, 0.1) is 45.3 Å². The van der Waals surface area contributed by atoms with Crippen molar-refractivity contribution in [3.63, 3.8) is 0 Å². The molecule has 25 heteroatoms. The largest absolute Gasteiger partial charge is 0.489 e. The summed E-state index contributed by atoms with van der Waals surface area (Å²) in [4.78, 5) is 14.1. The van der Waals surface area contributed by atoms with Gasteiger partial charge in [-0.1, -0.05) is 72.3 Å². The molecule has 3 aliphatic heterocycles. The minimum absolute atomic E-state index is 0.0116. The van der Waals surface area contributed by atoms with Gasteiger partial charge in [-0.3, -0.25) is 14.7 Å². The van der Waals surface area contributed by atoms with E-state index in [0.29, 0.717) is 18.1 Å². The zero-order valence-electron chi connectivity index (χ0n) is 58.5. The van der Waals surface area contributed by atoms with E-state index in [-0.39, 0.29) is 56.1 Å². The van der Waals surface area contributed by atoms with Crippen molar-refractivity contribution in [2.75, 3.05) is 93.2 Å². The molecule has 0 spiro atoms. The number of hydrogen-bond donors (Lipinski definition) is 3. The summed E-state index contributed by atoms with van der Waals surface area (Å²) in [5.41, 5.74) is 3.45. The van der Waals surface area contributed by atoms with Gasteiger partial charge in [-0.05, 0) is 197 Å². The smallest absolute Gasteiger partial charge is 0.243 e. The maximum Gasteiger partial charge on any atom is 0.243 e. The highest BCUT2D eigenvalue weighted by molar-refractivity contribution is 7.90. The van der Waals surface area contributed by atoms with Crippen LogP contribution in [0, 0.1) is 17.5 Å². The van der Waals surface area contributed by atoms with Gasteiger partial charge in [0.15, 0.2) is 5.82 Å². The van der Waals surface area contributed by atoms with Gasteiger partial charge < -0.3 is 28.9 Å². The van der Waals surface area contributed by atoms with Crippen LogP contribution in [-0.2, 0) is 30.1 Å². The van der Waals surface area contributed by atoms with Crippen LogP contribution in [0.4, 0.5) is 30.2 Å². The molecule has 100 heavy (non-hydrogen) atoms. The van der Waals surface area contributed by atoms with E-state index in [4.69, 9.17) is 25.8 Å². The Hall–Kier alpha value is -6.19. The zero-order valence-corrected chi connectivity index (χ0v) is 61.7. The predicted molar refractivity (Wildman–Crippen MR) is 391 cm³/mol. The van der Waals surface area contributed by atoms with Crippen LogP contribution >= 0.6 is 11.6 Å². The molecule has 0 atom stereocenters. The SMILES string of the molecule is CC(C)Oc1ccccc1N1CCN(C2CCC(NS(=O)(=O)c3cccc(Cl)c3F)CC2)CC1.CC(C)Oc1ccccc1N1CCN(C2CCC(NS(=O)(=O)c3cccc(F)c3)CC2)CC1.CC(C)Oc1ccccc1N1CCN(C2CCC(NS(=O)(=O)c3ccccc3F)CC2)CC1. The van der Waals surface area contributed by atoms with Crippen molar-refractivity contribution in [1.82, 2.24) is 28.9 Å². The van der Waals surface area contributed by atoms with Gasteiger partial charge in [0.1, 0.15) is 38.7 Å². The molecule has 0 radical (unpaired) electrons. The molecule has 6 aliphatic rings. The third-order valence-corrected chi connectivity index (χ3v) is 24.6. The Morgan fingerprint density at radius 3 is 1.06 bits per heavy atom. The van der Waals surface area contributed by atoms with Gasteiger partial charge >= 0.3 is 0 Å². The fourth-order valence-electron chi connectivity index (χ4n) is 14.7. The number of nitrogens with zero attached hydrogens (tertiary/aromatic N) is 6. The number of rotatable bonds is 21. The van der Waals surface area contributed by atoms with E-state index in [1.807, 2.05) is 84.0 Å². The van der Waals surface area contributed by atoms with Crippen LogP contribution in [0.25, 0.3) is 0 Å². The van der Waals surface area contributed by atoms with Crippen LogP contribution in [0.3, 0.4) is 0 Å². The highest BCUT2D eigenvalue weighted by Crippen LogP contribution is 2.36. The molecule has 0 aromatic heterocycles. The van der Waals surface area contributed by atoms with Crippen LogP contribution in [0.1, 0.15) is 119 Å². The number of ether oxygens (including phenoxy) is 3. The van der Waals surface area contributed by atoms with E-state index in [9.17, 15) is 38.4 Å². The standard InChI is InChI=1S/C25H33ClFN3O3S.2C25H34FN3O3S/c1-18(2)33-23-8-4-3-7-22(23)30-16-14-29(15-17-30)20-12-10-19(11-13-20)28-34(31,32)24-9-5-6-21(26)25(24)27;1-19(2)32-24-9-5-4-8-23(24)29-17-15-28(16-18-29)21-13-11-20(12-14-21)27-33(30,31)25-10-6-3-7-22(25)26;1-19(2)32-25-9-4-3-8-24(25)29-16-14-28(15-17-29)22-12-10-21(11-13-22)27-33(30,31)23-7-5-6-20(26)18-23/h3-9,18-20,28H,10-17H2,1-2H3;3-10,19-21,27H,11-18H2,1-2H3;3-9,18-19,21-22,27H,10-17H2,1-2H3. The number of benzene rings is 6. The van der Waals surface area contributed by atoms with Crippen LogP contribution < -0.4 is 43.1 Å². The zero-order chi connectivity index (χ0) is 71.1. The molecule has 3 saturated heterocycles. The molecule has 0 unspecified atom stereocenters. The van der Waals surface area contributed by atoms with Crippen molar-refractivity contribution in [2.45, 2.75) is 188 Å². The summed E-state index contributed by atoms with van der Waals surface area (Å²) in [6.45, 7) is 23.8. The molecule has 18 nitrogen and oxygen atoms in total. The van der Waals surface area contributed by atoms with Gasteiger partial charge in [-0.2, -0.15) is 0 Å². The highest BCUT2D eigenvalue weighted by atomic mass is 35.5. The summed E-state index contributed by atoms with van der Waals surface area (Å²) < 4.78 is 144. The minimum atomic E-state index is -3.95. The monoisotopic (exact) mass is 1460 g/mol. The van der Waals surface area contributed by atoms with Crippen LogP contribution in [0.15, 0.2) is 154 Å². The van der Waals surface area contributed by atoms with Crippen LogP contribution in [0.2, 0.25) is 5.02 Å². The molecule has 3 heterocycles. The normalized spacial score (nSPS) is 22.4. The quantitative estimate of drug-likeness (QED) is 0.0618. The molecular formula is C75H101ClF3N9O9S3. The number of halogens is 4. The van der Waals surface area contributed by atoms with Crippen molar-refractivity contribution >= 4 is 58.7 Å². The first-order valence-electron chi connectivity index (χ1n) is 35.6. The van der Waals surface area contributed by atoms with E-state index < -0.39 is 47.5 Å². The Bertz CT molecular complexity index is 3950. The first-order chi connectivity index (χ1) is 47.9. The lowest BCUT2D eigenvalue weighted by molar-refractivity contribution is 0.139. The number of hydrogen-bond acceptors (Lipinski definition) is 15. The molecule has 3 saturated carbocycles. The second-order valence-corrected chi connectivity index (χ2v) is 33.3. The lowest BCUT2D eigenvalue weighted by Crippen LogP contribution is -2.52. The molecular weight excluding hydrogens is 1360 g/mol. The summed E-state index contributed by atoms with van der Waals surface area (Å²) in [5, 5.41) is -0.191. The van der Waals surface area contributed by atoms with Crippen molar-refractivity contribution < 1.29 is 52.6 Å². The third-order valence-electron chi connectivity index (χ3n) is 19.7. The van der Waals surface area contributed by atoms with Gasteiger partial charge in [-0.15, -0.1) is 0 Å². The molecule has 6 fully saturated rings. The number of para-hydroxylation sites is 6. The van der Waals surface area contributed by atoms with E-state index in [1.165, 1.54) is 54.6 Å². The van der Waals surface area contributed by atoms with Gasteiger partial charge in [0.2, 0.25) is 30.1 Å². The molecule has 12 rings (SSSR count). The van der Waals surface area contributed by atoms with Crippen molar-refractivity contribution in [1.29, 1.82) is 0 Å². The van der Waals surface area contributed by atoms with Crippen molar-refractivity contribution in [3.8, 4) is 17.2 Å². The Labute approximate surface area is 597 Å². The number of nitrogens with one attached hydrogen (secondary N) is 3. The Morgan fingerprint density at radius 2 is 0.700 bits per heavy atom. The molecule has 3 aliphatic carbocycles. The summed E-state index contributed by atoms with van der Waals surface area (Å²) in [6.07, 6.45) is 10.6. The van der Waals surface area contributed by atoms with E-state index >= 15 is 0 Å². The molecule has 3 N–H and O–H groups in total. The molecule has 6 aromatic carbocycles. The fraction of sp³-hybridized carbons (Fsp3) is 0.520. The number of anilines is 3. The minimum Gasteiger partial charge on any atom is -0.489 e. The van der Waals surface area contributed by atoms with Gasteiger partial charge in [0.25, 0.3) is 0 Å². The predicted octanol–water partition coefficient (Wildman–Crippen LogP) is 12.7. The number of piperazine rings is 3. The Morgan fingerprint density at radius 1 is 0.380 bits per heavy atom. The molecule has 0 bridgehead atoms. The van der Waals surface area contributed by atoms with Crippen molar-refractivity contribution in [3.05, 3.63) is 162 Å². The lowest BCUT2D eigenvalue weighted by atomic mass is 9.90. The summed E-state index contributed by atoms with van der Waals surface area (Å²) in [5.74, 6) is 0.644. The molecule has 546 valence electrons. The molecule has 6 aromatic rings. The number of sulfonamides is 3.